The van der Waals surface area contributed by atoms with E-state index < -0.39 is 11.6 Å². The Hall–Kier alpha value is -1.95. The molecule has 1 aliphatic heterocycles. The highest BCUT2D eigenvalue weighted by atomic mass is 35.5. The Morgan fingerprint density at radius 3 is 2.57 bits per heavy atom. The Kier molecular flexibility index (Phi) is 6.85. The largest absolute Gasteiger partial charge is 0.465 e. The standard InChI is InChI=1S/C23H33ClN2O4/c1-22(2,3)30-21(28)26-12-9-23(10-13-26)15-16(23)6-5-11-25-17-7-8-18(19(24)14-17)20(27)29-4/h7-8,14,16,25H,5-6,9-13,15H2,1-4H3. The molecule has 30 heavy (non-hydrogen) atoms. The van der Waals surface area contributed by atoms with Crippen molar-refractivity contribution < 1.29 is 19.1 Å². The summed E-state index contributed by atoms with van der Waals surface area (Å²) in [5.74, 6) is 0.327. The van der Waals surface area contributed by atoms with E-state index >= 15 is 0 Å². The van der Waals surface area contributed by atoms with Gasteiger partial charge >= 0.3 is 12.1 Å². The van der Waals surface area contributed by atoms with Gasteiger partial charge in [0.05, 0.1) is 17.7 Å². The third kappa shape index (κ3) is 5.60. The van der Waals surface area contributed by atoms with Crippen molar-refractivity contribution in [3.05, 3.63) is 28.8 Å². The number of halogens is 1. The summed E-state index contributed by atoms with van der Waals surface area (Å²) in [6, 6.07) is 5.30. The summed E-state index contributed by atoms with van der Waals surface area (Å²) in [4.78, 5) is 25.7. The molecule has 0 aromatic heterocycles. The van der Waals surface area contributed by atoms with Crippen LogP contribution in [-0.2, 0) is 9.47 Å². The number of carbonyl (C=O) groups excluding carboxylic acids is 2. The van der Waals surface area contributed by atoms with Crippen LogP contribution in [0.25, 0.3) is 0 Å². The molecule has 1 aromatic carbocycles. The number of piperidine rings is 1. The fraction of sp³-hybridized carbons (Fsp3) is 0.652. The number of likely N-dealkylation sites (tertiary alicyclic amines) is 1. The van der Waals surface area contributed by atoms with Gasteiger partial charge in [0.15, 0.2) is 0 Å². The molecule has 1 heterocycles. The number of nitrogens with one attached hydrogen (secondary N) is 1. The molecular weight excluding hydrogens is 404 g/mol. The summed E-state index contributed by atoms with van der Waals surface area (Å²) in [5, 5.41) is 3.78. The number of anilines is 1. The molecule has 1 aromatic rings. The molecule has 1 unspecified atom stereocenters. The maximum absolute atomic E-state index is 12.2. The molecule has 2 fully saturated rings. The lowest BCUT2D eigenvalue weighted by Crippen LogP contribution is -2.42. The van der Waals surface area contributed by atoms with Gasteiger partial charge in [0.2, 0.25) is 0 Å². The highest BCUT2D eigenvalue weighted by molar-refractivity contribution is 6.33. The molecule has 6 nitrogen and oxygen atoms in total. The second-order valence-electron chi connectivity index (χ2n) is 9.49. The van der Waals surface area contributed by atoms with Gasteiger partial charge in [-0.3, -0.25) is 0 Å². The Balaban J connectivity index is 1.37. The van der Waals surface area contributed by atoms with Gasteiger partial charge in [0.1, 0.15) is 5.60 Å². The molecule has 1 amide bonds. The van der Waals surface area contributed by atoms with Crippen molar-refractivity contribution >= 4 is 29.4 Å². The number of benzene rings is 1. The average Bonchev–Trinajstić information content (AvgIpc) is 3.35. The predicted octanol–water partition coefficient (Wildman–Crippen LogP) is 5.36. The minimum absolute atomic E-state index is 0.185. The van der Waals surface area contributed by atoms with E-state index in [-0.39, 0.29) is 6.09 Å². The summed E-state index contributed by atoms with van der Waals surface area (Å²) < 4.78 is 10.2. The molecule has 1 aliphatic carbocycles. The number of hydrogen-bond acceptors (Lipinski definition) is 5. The zero-order valence-electron chi connectivity index (χ0n) is 18.4. The number of amides is 1. The lowest BCUT2D eigenvalue weighted by Gasteiger charge is -2.34. The lowest BCUT2D eigenvalue weighted by molar-refractivity contribution is 0.0164. The molecule has 3 rings (SSSR count). The number of hydrogen-bond donors (Lipinski definition) is 1. The molecule has 0 radical (unpaired) electrons. The van der Waals surface area contributed by atoms with Crippen molar-refractivity contribution in [2.24, 2.45) is 11.3 Å². The summed E-state index contributed by atoms with van der Waals surface area (Å²) >= 11 is 6.17. The first-order valence-electron chi connectivity index (χ1n) is 10.7. The van der Waals surface area contributed by atoms with E-state index in [1.807, 2.05) is 31.7 Å². The van der Waals surface area contributed by atoms with Crippen molar-refractivity contribution in [3.63, 3.8) is 0 Å². The van der Waals surface area contributed by atoms with E-state index in [0.29, 0.717) is 16.0 Å². The third-order valence-electron chi connectivity index (χ3n) is 6.20. The van der Waals surface area contributed by atoms with E-state index in [9.17, 15) is 9.59 Å². The number of methoxy groups -OCH3 is 1. The normalized spacial score (nSPS) is 20.0. The molecule has 7 heteroatoms. The summed E-state index contributed by atoms with van der Waals surface area (Å²) in [6.45, 7) is 8.18. The lowest BCUT2D eigenvalue weighted by atomic mass is 9.90. The van der Waals surface area contributed by atoms with Gasteiger partial charge in [-0.1, -0.05) is 11.6 Å². The number of ether oxygens (including phenoxy) is 2. The van der Waals surface area contributed by atoms with Gasteiger partial charge < -0.3 is 19.7 Å². The molecule has 2 aliphatic rings. The van der Waals surface area contributed by atoms with Crippen molar-refractivity contribution in [1.82, 2.24) is 4.90 Å². The monoisotopic (exact) mass is 436 g/mol. The smallest absolute Gasteiger partial charge is 0.410 e. The average molecular weight is 437 g/mol. The Morgan fingerprint density at radius 1 is 1.27 bits per heavy atom. The number of carbonyl (C=O) groups is 2. The van der Waals surface area contributed by atoms with Crippen LogP contribution in [0, 0.1) is 11.3 Å². The van der Waals surface area contributed by atoms with E-state index in [0.717, 1.165) is 50.5 Å². The van der Waals surface area contributed by atoms with Crippen molar-refractivity contribution in [1.29, 1.82) is 0 Å². The Morgan fingerprint density at radius 2 is 1.97 bits per heavy atom. The van der Waals surface area contributed by atoms with Gasteiger partial charge in [-0.15, -0.1) is 0 Å². The molecule has 1 saturated heterocycles. The predicted molar refractivity (Wildman–Crippen MR) is 118 cm³/mol. The molecule has 1 N–H and O–H groups in total. The van der Waals surface area contributed by atoms with Gasteiger partial charge in [0.25, 0.3) is 0 Å². The summed E-state index contributed by atoms with van der Waals surface area (Å²) in [7, 11) is 1.34. The fourth-order valence-corrected chi connectivity index (χ4v) is 4.65. The summed E-state index contributed by atoms with van der Waals surface area (Å²) in [6.07, 6.45) is 5.51. The van der Waals surface area contributed by atoms with Gasteiger partial charge in [-0.05, 0) is 82.4 Å². The second kappa shape index (κ2) is 9.04. The van der Waals surface area contributed by atoms with Crippen LogP contribution in [0.2, 0.25) is 5.02 Å². The Bertz CT molecular complexity index is 782. The minimum Gasteiger partial charge on any atom is -0.465 e. The van der Waals surface area contributed by atoms with Crippen LogP contribution >= 0.6 is 11.6 Å². The Labute approximate surface area is 184 Å². The SMILES string of the molecule is COC(=O)c1ccc(NCCCC2CC23CCN(C(=O)OC(C)(C)C)CC3)cc1Cl. The van der Waals surface area contributed by atoms with Crippen molar-refractivity contribution in [3.8, 4) is 0 Å². The number of rotatable bonds is 6. The minimum atomic E-state index is -0.439. The maximum atomic E-state index is 12.2. The van der Waals surface area contributed by atoms with Crippen LogP contribution in [0.15, 0.2) is 18.2 Å². The number of esters is 1. The topological polar surface area (TPSA) is 67.9 Å². The molecule has 166 valence electrons. The van der Waals surface area contributed by atoms with Crippen molar-refractivity contribution in [2.45, 2.75) is 58.5 Å². The molecule has 1 spiro atoms. The third-order valence-corrected chi connectivity index (χ3v) is 6.52. The van der Waals surface area contributed by atoms with Crippen LogP contribution < -0.4 is 5.32 Å². The van der Waals surface area contributed by atoms with E-state index in [4.69, 9.17) is 21.1 Å². The van der Waals surface area contributed by atoms with E-state index in [2.05, 4.69) is 5.32 Å². The van der Waals surface area contributed by atoms with Crippen LogP contribution in [0.3, 0.4) is 0 Å². The van der Waals surface area contributed by atoms with Gasteiger partial charge in [-0.25, -0.2) is 9.59 Å². The molecule has 1 saturated carbocycles. The van der Waals surface area contributed by atoms with E-state index in [1.54, 1.807) is 12.1 Å². The highest BCUT2D eigenvalue weighted by Gasteiger charge is 2.54. The number of nitrogens with zero attached hydrogens (tertiary/aromatic N) is 1. The fourth-order valence-electron chi connectivity index (χ4n) is 4.40. The van der Waals surface area contributed by atoms with Crippen LogP contribution in [-0.4, -0.2) is 49.3 Å². The van der Waals surface area contributed by atoms with Gasteiger partial charge in [0, 0.05) is 25.3 Å². The maximum Gasteiger partial charge on any atom is 0.410 e. The quantitative estimate of drug-likeness (QED) is 0.480. The first kappa shape index (κ1) is 22.7. The molecular formula is C23H33ClN2O4. The van der Waals surface area contributed by atoms with Crippen molar-refractivity contribution in [2.75, 3.05) is 32.1 Å². The van der Waals surface area contributed by atoms with Crippen LogP contribution in [0.1, 0.15) is 63.2 Å². The van der Waals surface area contributed by atoms with Crippen LogP contribution in [0.4, 0.5) is 10.5 Å². The second-order valence-corrected chi connectivity index (χ2v) is 9.89. The zero-order chi connectivity index (χ0) is 21.9. The molecule has 0 bridgehead atoms. The first-order chi connectivity index (χ1) is 14.1. The first-order valence-corrected chi connectivity index (χ1v) is 11.1. The molecule has 1 atom stereocenters. The highest BCUT2D eigenvalue weighted by Crippen LogP contribution is 2.61. The van der Waals surface area contributed by atoms with Gasteiger partial charge in [-0.2, -0.15) is 0 Å². The van der Waals surface area contributed by atoms with Crippen LogP contribution in [0.5, 0.6) is 0 Å². The van der Waals surface area contributed by atoms with E-state index in [1.165, 1.54) is 20.0 Å². The summed E-state index contributed by atoms with van der Waals surface area (Å²) in [5.41, 5.74) is 1.28. The zero-order valence-corrected chi connectivity index (χ0v) is 19.2.